The van der Waals surface area contributed by atoms with E-state index in [1.54, 1.807) is 0 Å². The lowest BCUT2D eigenvalue weighted by atomic mass is 9.80. The van der Waals surface area contributed by atoms with Gasteiger partial charge in [0.05, 0.1) is 0 Å². The fourth-order valence-electron chi connectivity index (χ4n) is 10.2. The first kappa shape index (κ1) is 36.8. The number of aromatic nitrogens is 1. The van der Waals surface area contributed by atoms with Gasteiger partial charge in [-0.2, -0.15) is 0 Å². The number of allylic oxidation sites excluding steroid dienone is 9. The predicted molar refractivity (Wildman–Crippen MR) is 263 cm³/mol. The van der Waals surface area contributed by atoms with Crippen LogP contribution in [0.2, 0.25) is 0 Å². The van der Waals surface area contributed by atoms with E-state index in [2.05, 4.69) is 233 Å². The minimum atomic E-state index is -0.196. The third-order valence-corrected chi connectivity index (χ3v) is 13.4. The van der Waals surface area contributed by atoms with Crippen LogP contribution in [0.4, 0.5) is 0 Å². The van der Waals surface area contributed by atoms with Crippen LogP contribution in [0.1, 0.15) is 52.8 Å². The first-order valence-electron chi connectivity index (χ1n) is 21.5. The zero-order chi connectivity index (χ0) is 41.2. The van der Waals surface area contributed by atoms with Crippen molar-refractivity contribution in [2.45, 2.75) is 32.6 Å². The molecule has 0 unspecified atom stereocenters. The van der Waals surface area contributed by atoms with Crippen molar-refractivity contribution < 1.29 is 0 Å². The lowest BCUT2D eigenvalue weighted by Gasteiger charge is -2.23. The molecule has 11 rings (SSSR count). The summed E-state index contributed by atoms with van der Waals surface area (Å²) in [5.41, 5.74) is 19.2. The van der Waals surface area contributed by atoms with Crippen molar-refractivity contribution >= 4 is 60.6 Å². The Kier molecular flexibility index (Phi) is 8.76. The second-order valence-electron chi connectivity index (χ2n) is 17.4. The van der Waals surface area contributed by atoms with Crippen molar-refractivity contribution in [3.63, 3.8) is 0 Å². The molecule has 0 saturated carbocycles. The smallest absolute Gasteiger partial charge is 0.0491 e. The molecule has 0 bridgehead atoms. The highest BCUT2D eigenvalue weighted by atomic mass is 14.9. The highest BCUT2D eigenvalue weighted by Crippen LogP contribution is 2.53. The third-order valence-electron chi connectivity index (χ3n) is 13.4. The summed E-state index contributed by atoms with van der Waals surface area (Å²) in [5, 5.41) is 7.71. The fourth-order valence-corrected chi connectivity index (χ4v) is 10.2. The molecule has 9 aromatic rings. The Morgan fingerprint density at radius 3 is 2.15 bits per heavy atom. The number of hydrogen-bond donors (Lipinski definition) is 0. The maximum absolute atomic E-state index is 2.50. The van der Waals surface area contributed by atoms with E-state index in [1.165, 1.54) is 116 Å². The molecule has 2 aliphatic carbocycles. The van der Waals surface area contributed by atoms with E-state index in [4.69, 9.17) is 0 Å². The van der Waals surface area contributed by atoms with Crippen LogP contribution in [0.5, 0.6) is 0 Å². The van der Waals surface area contributed by atoms with Gasteiger partial charge in [0.25, 0.3) is 0 Å². The molecule has 0 N–H and O–H groups in total. The summed E-state index contributed by atoms with van der Waals surface area (Å²) < 4.78 is 2.34. The van der Waals surface area contributed by atoms with Gasteiger partial charge in [-0.1, -0.05) is 184 Å². The Morgan fingerprint density at radius 2 is 1.28 bits per heavy atom. The minimum absolute atomic E-state index is 0.196. The molecule has 0 saturated heterocycles. The van der Waals surface area contributed by atoms with Gasteiger partial charge in [-0.15, -0.1) is 0 Å². The van der Waals surface area contributed by atoms with Crippen LogP contribution in [-0.2, 0) is 18.9 Å². The standard InChI is InChI=1S/C60H47N/c1-39-16-10-11-19-48(39)47(33-41-24-30-51-50-21-14-15-23-57(50)61(4)58(51)35-41)32-40-25-31-53-55(34-40)60(2,3)56-38-54(49-20-12-13-22-52(49)59(53)56)45-29-27-43-26-28-44(36-46(43)37-45)42-17-8-6-5-7-9-18-42/h5-32,34-38H,33H2,1-4H3/b6-5+,7-5?,8-6?,9-7-,17-8+,18-9?,42-17?,42-18+,47-32-. The second kappa shape index (κ2) is 14.5. The summed E-state index contributed by atoms with van der Waals surface area (Å²) in [6.07, 6.45) is 18.1. The summed E-state index contributed by atoms with van der Waals surface area (Å²) in [6.45, 7) is 7.06. The molecule has 292 valence electrons. The molecule has 8 aromatic carbocycles. The largest absolute Gasteiger partial charge is 0.344 e. The van der Waals surface area contributed by atoms with E-state index in [-0.39, 0.29) is 5.41 Å². The molecular weight excluding hydrogens is 735 g/mol. The van der Waals surface area contributed by atoms with Gasteiger partial charge in [0.2, 0.25) is 0 Å². The topological polar surface area (TPSA) is 4.93 Å². The highest BCUT2D eigenvalue weighted by molar-refractivity contribution is 6.10. The lowest BCUT2D eigenvalue weighted by Crippen LogP contribution is -2.15. The number of hydrogen-bond acceptors (Lipinski definition) is 0. The fraction of sp³-hybridized carbons (Fsp3) is 0.100. The van der Waals surface area contributed by atoms with E-state index >= 15 is 0 Å². The highest BCUT2D eigenvalue weighted by Gasteiger charge is 2.37. The molecule has 0 fully saturated rings. The van der Waals surface area contributed by atoms with Crippen molar-refractivity contribution in [3.05, 3.63) is 233 Å². The molecule has 1 heteroatoms. The maximum Gasteiger partial charge on any atom is 0.0491 e. The molecule has 61 heavy (non-hydrogen) atoms. The van der Waals surface area contributed by atoms with E-state index in [9.17, 15) is 0 Å². The Labute approximate surface area is 358 Å². The molecule has 0 aliphatic heterocycles. The van der Waals surface area contributed by atoms with E-state index in [1.807, 2.05) is 0 Å². The van der Waals surface area contributed by atoms with Crippen LogP contribution in [0, 0.1) is 6.92 Å². The minimum Gasteiger partial charge on any atom is -0.344 e. The molecular formula is C60H47N. The number of fused-ring (bicyclic) bond motifs is 9. The van der Waals surface area contributed by atoms with E-state index < -0.39 is 0 Å². The van der Waals surface area contributed by atoms with Gasteiger partial charge in [-0.25, -0.2) is 0 Å². The van der Waals surface area contributed by atoms with E-state index in [0.717, 1.165) is 6.42 Å². The number of nitrogens with zero attached hydrogens (tertiary/aromatic N) is 1. The van der Waals surface area contributed by atoms with Gasteiger partial charge in [-0.05, 0) is 138 Å². The zero-order valence-corrected chi connectivity index (χ0v) is 35.2. The maximum atomic E-state index is 2.50. The molecule has 0 spiro atoms. The van der Waals surface area contributed by atoms with Crippen LogP contribution in [-0.4, -0.2) is 4.57 Å². The van der Waals surface area contributed by atoms with Crippen molar-refractivity contribution in [2.24, 2.45) is 7.05 Å². The van der Waals surface area contributed by atoms with Crippen molar-refractivity contribution in [1.82, 2.24) is 4.57 Å². The van der Waals surface area contributed by atoms with Crippen LogP contribution < -0.4 is 0 Å². The summed E-state index contributed by atoms with van der Waals surface area (Å²) in [5.74, 6) is 0. The Bertz CT molecular complexity index is 3430. The second-order valence-corrected chi connectivity index (χ2v) is 17.4. The summed E-state index contributed by atoms with van der Waals surface area (Å²) in [7, 11) is 2.19. The van der Waals surface area contributed by atoms with Crippen LogP contribution in [0.25, 0.3) is 82.8 Å². The average molecular weight is 782 g/mol. The molecule has 0 amide bonds. The predicted octanol–water partition coefficient (Wildman–Crippen LogP) is 15.8. The van der Waals surface area contributed by atoms with Gasteiger partial charge in [0.15, 0.2) is 0 Å². The molecule has 0 radical (unpaired) electrons. The van der Waals surface area contributed by atoms with E-state index in [0.29, 0.717) is 0 Å². The Morgan fingerprint density at radius 1 is 0.557 bits per heavy atom. The first-order valence-corrected chi connectivity index (χ1v) is 21.5. The number of benzene rings is 8. The number of rotatable bonds is 6. The zero-order valence-electron chi connectivity index (χ0n) is 35.2. The lowest BCUT2D eigenvalue weighted by molar-refractivity contribution is 0.661. The summed E-state index contributed by atoms with van der Waals surface area (Å²) >= 11 is 0. The van der Waals surface area contributed by atoms with Crippen LogP contribution >= 0.6 is 0 Å². The van der Waals surface area contributed by atoms with Crippen molar-refractivity contribution in [2.75, 3.05) is 0 Å². The molecule has 1 nitrogen and oxygen atoms in total. The van der Waals surface area contributed by atoms with Gasteiger partial charge in [0, 0.05) is 34.3 Å². The SMILES string of the molecule is Cc1ccccc1/C(=C\c1ccc2c(c1)C(C)(C)c1cc(-c3ccc4ccc(C5=C/C=C\C=C\C=C\5)cc4c3)c3ccccc3c1-2)Cc1ccc2c3ccccc3n(C)c2c1. The van der Waals surface area contributed by atoms with Crippen LogP contribution in [0.3, 0.4) is 0 Å². The van der Waals surface area contributed by atoms with Gasteiger partial charge < -0.3 is 4.57 Å². The summed E-state index contributed by atoms with van der Waals surface area (Å²) in [6, 6.07) is 57.1. The van der Waals surface area contributed by atoms with Gasteiger partial charge in [-0.3, -0.25) is 0 Å². The quantitative estimate of drug-likeness (QED) is 0.148. The third kappa shape index (κ3) is 6.23. The Balaban J connectivity index is 1.00. The Hall–Kier alpha value is -7.22. The molecule has 1 heterocycles. The van der Waals surface area contributed by atoms with Gasteiger partial charge in [0.1, 0.15) is 0 Å². The number of aryl methyl sites for hydroxylation is 2. The van der Waals surface area contributed by atoms with Crippen molar-refractivity contribution in [3.8, 4) is 22.3 Å². The normalized spacial score (nSPS) is 16.9. The molecule has 0 atom stereocenters. The van der Waals surface area contributed by atoms with Crippen LogP contribution in [0.15, 0.2) is 194 Å². The molecule has 1 aromatic heterocycles. The number of para-hydroxylation sites is 1. The first-order chi connectivity index (χ1) is 29.8. The average Bonchev–Trinajstić information content (AvgIpc) is 3.68. The van der Waals surface area contributed by atoms with Crippen molar-refractivity contribution in [1.29, 1.82) is 0 Å². The monoisotopic (exact) mass is 781 g/mol. The van der Waals surface area contributed by atoms with Gasteiger partial charge >= 0.3 is 0 Å². The summed E-state index contributed by atoms with van der Waals surface area (Å²) in [4.78, 5) is 0. The molecule has 2 aliphatic rings.